The van der Waals surface area contributed by atoms with Gasteiger partial charge in [0.15, 0.2) is 11.5 Å². The summed E-state index contributed by atoms with van der Waals surface area (Å²) < 4.78 is 18.9. The van der Waals surface area contributed by atoms with Gasteiger partial charge in [0.25, 0.3) is 5.91 Å². The van der Waals surface area contributed by atoms with Crippen LogP contribution in [0.5, 0.6) is 17.2 Å². The van der Waals surface area contributed by atoms with Crippen LogP contribution in [0.4, 0.5) is 0 Å². The molecule has 0 bridgehead atoms. The number of aromatic nitrogens is 2. The second kappa shape index (κ2) is 11.6. The summed E-state index contributed by atoms with van der Waals surface area (Å²) in [6, 6.07) is 19.4. The molecule has 0 fully saturated rings. The Morgan fingerprint density at radius 2 is 1.75 bits per heavy atom. The lowest BCUT2D eigenvalue weighted by Crippen LogP contribution is -2.25. The van der Waals surface area contributed by atoms with E-state index in [1.165, 1.54) is 11.1 Å². The van der Waals surface area contributed by atoms with E-state index >= 15 is 0 Å². The van der Waals surface area contributed by atoms with Crippen LogP contribution in [0.25, 0.3) is 11.0 Å². The maximum absolute atomic E-state index is 12.6. The molecule has 0 saturated heterocycles. The summed E-state index contributed by atoms with van der Waals surface area (Å²) in [4.78, 5) is 17.5. The lowest BCUT2D eigenvalue weighted by Gasteiger charge is -2.13. The molecule has 0 unspecified atom stereocenters. The highest BCUT2D eigenvalue weighted by Gasteiger charge is 2.13. The standard InChI is InChI=1S/C29H33N3O4/c1-20-9-7-12-25(21(20)2)36-18-17-32-24-11-6-5-10-23(24)31-28(32)13-8-16-30-29(33)22-14-15-26(34-3)27(19-22)35-4/h5-7,9-12,14-15,19H,8,13,16-18H2,1-4H3,(H,30,33). The first kappa shape index (κ1) is 25.1. The lowest BCUT2D eigenvalue weighted by atomic mass is 10.1. The van der Waals surface area contributed by atoms with Gasteiger partial charge in [-0.2, -0.15) is 0 Å². The van der Waals surface area contributed by atoms with Crippen molar-refractivity contribution in [3.8, 4) is 17.2 Å². The molecule has 4 rings (SSSR count). The normalized spacial score (nSPS) is 10.9. The highest BCUT2D eigenvalue weighted by atomic mass is 16.5. The van der Waals surface area contributed by atoms with Crippen molar-refractivity contribution in [3.63, 3.8) is 0 Å². The van der Waals surface area contributed by atoms with Gasteiger partial charge >= 0.3 is 0 Å². The second-order valence-corrected chi connectivity index (χ2v) is 8.64. The van der Waals surface area contributed by atoms with Crippen LogP contribution in [-0.2, 0) is 13.0 Å². The van der Waals surface area contributed by atoms with Gasteiger partial charge in [0.2, 0.25) is 0 Å². The van der Waals surface area contributed by atoms with Gasteiger partial charge in [0.1, 0.15) is 18.2 Å². The van der Waals surface area contributed by atoms with Gasteiger partial charge in [-0.05, 0) is 67.8 Å². The minimum atomic E-state index is -0.147. The summed E-state index contributed by atoms with van der Waals surface area (Å²) in [6.45, 7) is 5.96. The summed E-state index contributed by atoms with van der Waals surface area (Å²) in [7, 11) is 3.12. The minimum absolute atomic E-state index is 0.147. The number of hydrogen-bond acceptors (Lipinski definition) is 5. The van der Waals surface area contributed by atoms with Crippen LogP contribution in [-0.4, -0.2) is 42.8 Å². The molecule has 36 heavy (non-hydrogen) atoms. The molecule has 188 valence electrons. The quantitative estimate of drug-likeness (QED) is 0.298. The Morgan fingerprint density at radius 3 is 2.56 bits per heavy atom. The van der Waals surface area contributed by atoms with E-state index in [4.69, 9.17) is 19.2 Å². The van der Waals surface area contributed by atoms with E-state index in [-0.39, 0.29) is 5.91 Å². The Balaban J connectivity index is 1.37. The predicted octanol–water partition coefficient (Wildman–Crippen LogP) is 5.11. The van der Waals surface area contributed by atoms with Crippen molar-refractivity contribution in [2.24, 2.45) is 0 Å². The smallest absolute Gasteiger partial charge is 0.251 e. The molecular weight excluding hydrogens is 454 g/mol. The lowest BCUT2D eigenvalue weighted by molar-refractivity contribution is 0.0952. The molecule has 0 aliphatic heterocycles. The fourth-order valence-electron chi connectivity index (χ4n) is 4.22. The average Bonchev–Trinajstić information content (AvgIpc) is 3.25. The molecule has 1 aromatic heterocycles. The number of carbonyl (C=O) groups excluding carboxylic acids is 1. The SMILES string of the molecule is COc1ccc(C(=O)NCCCc2nc3ccccc3n2CCOc2cccc(C)c2C)cc1OC. The minimum Gasteiger partial charge on any atom is -0.493 e. The Kier molecular flexibility index (Phi) is 8.10. The van der Waals surface area contributed by atoms with Crippen LogP contribution in [0.3, 0.4) is 0 Å². The topological polar surface area (TPSA) is 74.6 Å². The van der Waals surface area contributed by atoms with Crippen LogP contribution >= 0.6 is 0 Å². The zero-order chi connectivity index (χ0) is 25.5. The number of hydrogen-bond donors (Lipinski definition) is 1. The number of methoxy groups -OCH3 is 2. The van der Waals surface area contributed by atoms with Gasteiger partial charge in [0.05, 0.1) is 31.8 Å². The molecule has 7 heteroatoms. The number of carbonyl (C=O) groups is 1. The number of nitrogens with one attached hydrogen (secondary N) is 1. The number of ether oxygens (including phenoxy) is 3. The maximum atomic E-state index is 12.6. The number of nitrogens with zero attached hydrogens (tertiary/aromatic N) is 2. The number of imidazole rings is 1. The van der Waals surface area contributed by atoms with Crippen LogP contribution in [0.15, 0.2) is 60.7 Å². The molecule has 0 aliphatic rings. The molecule has 1 N–H and O–H groups in total. The zero-order valence-corrected chi connectivity index (χ0v) is 21.3. The fraction of sp³-hybridized carbons (Fsp3) is 0.310. The highest BCUT2D eigenvalue weighted by molar-refractivity contribution is 5.94. The number of aryl methyl sites for hydroxylation is 2. The van der Waals surface area contributed by atoms with Gasteiger partial charge < -0.3 is 24.1 Å². The van der Waals surface area contributed by atoms with Crippen LogP contribution in [0, 0.1) is 13.8 Å². The summed E-state index contributed by atoms with van der Waals surface area (Å²) in [6.07, 6.45) is 1.50. The number of para-hydroxylation sites is 2. The van der Waals surface area contributed by atoms with Crippen molar-refractivity contribution in [3.05, 3.63) is 83.2 Å². The monoisotopic (exact) mass is 487 g/mol. The van der Waals surface area contributed by atoms with E-state index in [1.54, 1.807) is 32.4 Å². The van der Waals surface area contributed by atoms with Gasteiger partial charge in [0, 0.05) is 18.5 Å². The van der Waals surface area contributed by atoms with Gasteiger partial charge in [-0.15, -0.1) is 0 Å². The first-order chi connectivity index (χ1) is 17.5. The van der Waals surface area contributed by atoms with Crippen molar-refractivity contribution >= 4 is 16.9 Å². The third-order valence-corrected chi connectivity index (χ3v) is 6.37. The van der Waals surface area contributed by atoms with Crippen molar-refractivity contribution in [2.45, 2.75) is 33.2 Å². The van der Waals surface area contributed by atoms with Gasteiger partial charge in [-0.1, -0.05) is 24.3 Å². The van der Waals surface area contributed by atoms with E-state index in [0.717, 1.165) is 35.4 Å². The van der Waals surface area contributed by atoms with Crippen molar-refractivity contribution < 1.29 is 19.0 Å². The van der Waals surface area contributed by atoms with Crippen molar-refractivity contribution in [1.82, 2.24) is 14.9 Å². The molecule has 1 heterocycles. The second-order valence-electron chi connectivity index (χ2n) is 8.64. The zero-order valence-electron chi connectivity index (χ0n) is 21.3. The first-order valence-corrected chi connectivity index (χ1v) is 12.1. The van der Waals surface area contributed by atoms with Crippen LogP contribution in [0.2, 0.25) is 0 Å². The van der Waals surface area contributed by atoms with Crippen LogP contribution < -0.4 is 19.5 Å². The Bertz CT molecular complexity index is 1350. The van der Waals surface area contributed by atoms with E-state index in [9.17, 15) is 4.79 Å². The molecule has 0 spiro atoms. The highest BCUT2D eigenvalue weighted by Crippen LogP contribution is 2.27. The molecular formula is C29H33N3O4. The molecule has 4 aromatic rings. The maximum Gasteiger partial charge on any atom is 0.251 e. The molecule has 0 atom stereocenters. The van der Waals surface area contributed by atoms with Crippen molar-refractivity contribution in [1.29, 1.82) is 0 Å². The average molecular weight is 488 g/mol. The largest absolute Gasteiger partial charge is 0.493 e. The number of benzene rings is 3. The van der Waals surface area contributed by atoms with E-state index in [0.29, 0.717) is 36.8 Å². The summed E-state index contributed by atoms with van der Waals surface area (Å²) in [5.41, 5.74) is 4.97. The Morgan fingerprint density at radius 1 is 0.944 bits per heavy atom. The molecule has 7 nitrogen and oxygen atoms in total. The summed E-state index contributed by atoms with van der Waals surface area (Å²) in [5, 5.41) is 2.99. The van der Waals surface area contributed by atoms with E-state index in [1.807, 2.05) is 30.3 Å². The van der Waals surface area contributed by atoms with Gasteiger partial charge in [-0.25, -0.2) is 4.98 Å². The van der Waals surface area contributed by atoms with E-state index in [2.05, 4.69) is 35.9 Å². The number of amides is 1. The third kappa shape index (κ3) is 5.62. The molecule has 0 radical (unpaired) electrons. The van der Waals surface area contributed by atoms with Crippen LogP contribution in [0.1, 0.15) is 33.7 Å². The van der Waals surface area contributed by atoms with E-state index < -0.39 is 0 Å². The molecule has 1 amide bonds. The summed E-state index contributed by atoms with van der Waals surface area (Å²) in [5.74, 6) is 2.88. The van der Waals surface area contributed by atoms with Gasteiger partial charge in [-0.3, -0.25) is 4.79 Å². The Hall–Kier alpha value is -4.00. The summed E-state index contributed by atoms with van der Waals surface area (Å²) >= 11 is 0. The fourth-order valence-corrected chi connectivity index (χ4v) is 4.22. The number of fused-ring (bicyclic) bond motifs is 1. The Labute approximate surface area is 212 Å². The molecule has 0 aliphatic carbocycles. The third-order valence-electron chi connectivity index (χ3n) is 6.37. The van der Waals surface area contributed by atoms with Crippen molar-refractivity contribution in [2.75, 3.05) is 27.4 Å². The molecule has 3 aromatic carbocycles. The molecule has 0 saturated carbocycles. The first-order valence-electron chi connectivity index (χ1n) is 12.1. The predicted molar refractivity (Wildman–Crippen MR) is 141 cm³/mol. The number of rotatable bonds is 11.